The highest BCUT2D eigenvalue weighted by atomic mass is 32.1. The van der Waals surface area contributed by atoms with E-state index in [1.54, 1.807) is 6.33 Å². The molecule has 3 heterocycles. The molecule has 5 rings (SSSR count). The molecule has 1 amide bonds. The van der Waals surface area contributed by atoms with Gasteiger partial charge in [-0.1, -0.05) is 0 Å². The van der Waals surface area contributed by atoms with Crippen LogP contribution in [0.3, 0.4) is 0 Å². The molecule has 0 spiro atoms. The van der Waals surface area contributed by atoms with Crippen LogP contribution < -0.4 is 5.32 Å². The number of fused-ring (bicyclic) bond motifs is 3. The number of amides is 1. The molecule has 162 valence electrons. The predicted octanol–water partition coefficient (Wildman–Crippen LogP) is 2.69. The Hall–Kier alpha value is -1.77. The summed E-state index contributed by atoms with van der Waals surface area (Å²) >= 11 is 1.84. The molecule has 2 aliphatic carbocycles. The smallest absolute Gasteiger partial charge is 0.236 e. The van der Waals surface area contributed by atoms with E-state index in [1.807, 2.05) is 16.2 Å². The zero-order valence-electron chi connectivity index (χ0n) is 17.7. The molecular weight excluding hydrogens is 398 g/mol. The van der Waals surface area contributed by atoms with Gasteiger partial charge in [0.1, 0.15) is 17.0 Å². The largest absolute Gasteiger partial charge is 0.378 e. The number of hydrogen-bond acceptors (Lipinski definition) is 7. The lowest BCUT2D eigenvalue weighted by Crippen LogP contribution is -2.48. The Bertz CT molecular complexity index is 902. The summed E-state index contributed by atoms with van der Waals surface area (Å²) in [5.41, 5.74) is 1.48. The van der Waals surface area contributed by atoms with Crippen molar-refractivity contribution in [2.24, 2.45) is 0 Å². The molecule has 0 radical (unpaired) electrons. The minimum absolute atomic E-state index is 0.232. The van der Waals surface area contributed by atoms with Gasteiger partial charge >= 0.3 is 0 Å². The van der Waals surface area contributed by atoms with Crippen molar-refractivity contribution in [2.75, 3.05) is 45.2 Å². The van der Waals surface area contributed by atoms with E-state index in [1.165, 1.54) is 28.7 Å². The molecule has 0 unspecified atom stereocenters. The van der Waals surface area contributed by atoms with Crippen LogP contribution in [-0.4, -0.2) is 77.7 Å². The highest BCUT2D eigenvalue weighted by Gasteiger charge is 2.28. The van der Waals surface area contributed by atoms with Crippen molar-refractivity contribution >= 4 is 33.3 Å². The lowest BCUT2D eigenvalue weighted by atomic mass is 9.90. The minimum Gasteiger partial charge on any atom is -0.378 e. The maximum Gasteiger partial charge on any atom is 0.236 e. The quantitative estimate of drug-likeness (QED) is 0.788. The Labute approximate surface area is 181 Å². The number of nitrogens with zero attached hydrogens (tertiary/aromatic N) is 4. The van der Waals surface area contributed by atoms with Crippen LogP contribution in [0, 0.1) is 0 Å². The summed E-state index contributed by atoms with van der Waals surface area (Å²) in [5.74, 6) is 1.26. The van der Waals surface area contributed by atoms with Crippen molar-refractivity contribution in [3.8, 4) is 0 Å². The maximum atomic E-state index is 12.6. The van der Waals surface area contributed by atoms with Gasteiger partial charge in [0.25, 0.3) is 0 Å². The van der Waals surface area contributed by atoms with Gasteiger partial charge in [-0.05, 0) is 57.6 Å². The molecule has 2 aromatic heterocycles. The van der Waals surface area contributed by atoms with Crippen molar-refractivity contribution < 1.29 is 9.53 Å². The number of ether oxygens (including phenoxy) is 1. The summed E-state index contributed by atoms with van der Waals surface area (Å²) in [6.07, 6.45) is 9.75. The van der Waals surface area contributed by atoms with Crippen molar-refractivity contribution in [2.45, 2.75) is 57.0 Å². The average Bonchev–Trinajstić information content (AvgIpc) is 3.36. The molecule has 2 fully saturated rings. The summed E-state index contributed by atoms with van der Waals surface area (Å²) in [6.45, 7) is 3.29. The summed E-state index contributed by atoms with van der Waals surface area (Å²) in [6, 6.07) is 0.920. The standard InChI is InChI=1S/C22H31N5O2S/c1-26(13-19(28)27-9-11-29-12-10-27)16-7-5-15(6-8-16)25-21-20-17-3-2-4-18(17)30-22(20)24-14-23-21/h14-16H,2-13H2,1H3,(H,23,24,25). The molecule has 1 aliphatic heterocycles. The Morgan fingerprint density at radius 1 is 1.23 bits per heavy atom. The van der Waals surface area contributed by atoms with Crippen LogP contribution in [0.5, 0.6) is 0 Å². The highest BCUT2D eigenvalue weighted by Crippen LogP contribution is 2.39. The lowest BCUT2D eigenvalue weighted by molar-refractivity contribution is -0.136. The molecule has 0 bridgehead atoms. The topological polar surface area (TPSA) is 70.6 Å². The fourth-order valence-electron chi connectivity index (χ4n) is 5.15. The first-order valence-electron chi connectivity index (χ1n) is 11.3. The van der Waals surface area contributed by atoms with Gasteiger partial charge in [-0.15, -0.1) is 11.3 Å². The molecule has 8 heteroatoms. The van der Waals surface area contributed by atoms with E-state index in [9.17, 15) is 4.79 Å². The summed E-state index contributed by atoms with van der Waals surface area (Å²) in [5, 5.41) is 5.01. The van der Waals surface area contributed by atoms with Gasteiger partial charge in [-0.25, -0.2) is 9.97 Å². The number of thiophene rings is 1. The fourth-order valence-corrected chi connectivity index (χ4v) is 6.38. The van der Waals surface area contributed by atoms with Crippen LogP contribution in [0.15, 0.2) is 6.33 Å². The zero-order valence-corrected chi connectivity index (χ0v) is 18.5. The van der Waals surface area contributed by atoms with Crippen molar-refractivity contribution in [1.82, 2.24) is 19.8 Å². The molecule has 0 aromatic carbocycles. The summed E-state index contributed by atoms with van der Waals surface area (Å²) in [4.78, 5) is 28.5. The minimum atomic E-state index is 0.232. The number of hydrogen-bond donors (Lipinski definition) is 1. The van der Waals surface area contributed by atoms with Crippen molar-refractivity contribution in [3.05, 3.63) is 16.8 Å². The zero-order chi connectivity index (χ0) is 20.5. The second-order valence-corrected chi connectivity index (χ2v) is 9.90. The molecule has 1 N–H and O–H groups in total. The molecule has 2 aromatic rings. The molecular formula is C22H31N5O2S. The number of aromatic nitrogens is 2. The van der Waals surface area contributed by atoms with Gasteiger partial charge in [-0.2, -0.15) is 0 Å². The number of aryl methyl sites for hydroxylation is 2. The average molecular weight is 430 g/mol. The summed E-state index contributed by atoms with van der Waals surface area (Å²) in [7, 11) is 2.10. The van der Waals surface area contributed by atoms with E-state index in [0.717, 1.165) is 55.8 Å². The van der Waals surface area contributed by atoms with Gasteiger partial charge in [0, 0.05) is 30.1 Å². The molecule has 0 atom stereocenters. The number of nitrogens with one attached hydrogen (secondary N) is 1. The third-order valence-corrected chi connectivity index (χ3v) is 8.11. The van der Waals surface area contributed by atoms with E-state index in [-0.39, 0.29) is 5.91 Å². The normalized spacial score (nSPS) is 24.4. The number of morpholine rings is 1. The van der Waals surface area contributed by atoms with Crippen molar-refractivity contribution in [3.63, 3.8) is 0 Å². The monoisotopic (exact) mass is 429 g/mol. The first kappa shape index (κ1) is 20.2. The molecule has 7 nitrogen and oxygen atoms in total. The van der Waals surface area contributed by atoms with Gasteiger partial charge in [0.2, 0.25) is 5.91 Å². The van der Waals surface area contributed by atoms with Crippen LogP contribution >= 0.6 is 11.3 Å². The van der Waals surface area contributed by atoms with E-state index in [4.69, 9.17) is 4.74 Å². The van der Waals surface area contributed by atoms with Crippen LogP contribution in [0.2, 0.25) is 0 Å². The molecule has 30 heavy (non-hydrogen) atoms. The van der Waals surface area contributed by atoms with Crippen LogP contribution in [-0.2, 0) is 22.4 Å². The molecule has 1 saturated carbocycles. The Morgan fingerprint density at radius 3 is 2.83 bits per heavy atom. The van der Waals surface area contributed by atoms with E-state index >= 15 is 0 Å². The molecule has 1 saturated heterocycles. The first-order chi connectivity index (χ1) is 14.7. The Balaban J connectivity index is 1.17. The number of carbonyl (C=O) groups is 1. The number of likely N-dealkylation sites (N-methyl/N-ethyl adjacent to an activating group) is 1. The SMILES string of the molecule is CN(CC(=O)N1CCOCC1)C1CCC(Nc2ncnc3sc4c(c23)CCC4)CC1. The number of anilines is 1. The van der Waals surface area contributed by atoms with E-state index in [0.29, 0.717) is 31.8 Å². The van der Waals surface area contributed by atoms with E-state index in [2.05, 4.69) is 27.2 Å². The molecule has 3 aliphatic rings. The van der Waals surface area contributed by atoms with Gasteiger partial charge in [0.05, 0.1) is 25.1 Å². The second-order valence-electron chi connectivity index (χ2n) is 8.82. The van der Waals surface area contributed by atoms with Crippen LogP contribution in [0.4, 0.5) is 5.82 Å². The maximum absolute atomic E-state index is 12.6. The Kier molecular flexibility index (Phi) is 5.89. The fraction of sp³-hybridized carbons (Fsp3) is 0.682. The number of rotatable bonds is 5. The van der Waals surface area contributed by atoms with Crippen LogP contribution in [0.1, 0.15) is 42.5 Å². The Morgan fingerprint density at radius 2 is 2.03 bits per heavy atom. The van der Waals surface area contributed by atoms with Crippen LogP contribution in [0.25, 0.3) is 10.2 Å². The second kappa shape index (κ2) is 8.77. The first-order valence-corrected chi connectivity index (χ1v) is 12.1. The van der Waals surface area contributed by atoms with Gasteiger partial charge in [0.15, 0.2) is 0 Å². The van der Waals surface area contributed by atoms with Crippen molar-refractivity contribution in [1.29, 1.82) is 0 Å². The lowest BCUT2D eigenvalue weighted by Gasteiger charge is -2.36. The summed E-state index contributed by atoms with van der Waals surface area (Å²) < 4.78 is 5.35. The predicted molar refractivity (Wildman–Crippen MR) is 119 cm³/mol. The van der Waals surface area contributed by atoms with Gasteiger partial charge < -0.3 is 15.0 Å². The highest BCUT2D eigenvalue weighted by molar-refractivity contribution is 7.19. The third kappa shape index (κ3) is 4.05. The van der Waals surface area contributed by atoms with Gasteiger partial charge in [-0.3, -0.25) is 9.69 Å². The number of carbonyl (C=O) groups excluding carboxylic acids is 1. The van der Waals surface area contributed by atoms with E-state index < -0.39 is 0 Å². The third-order valence-electron chi connectivity index (χ3n) is 6.91.